The lowest BCUT2D eigenvalue weighted by atomic mass is 9.79. The number of esters is 1. The van der Waals surface area contributed by atoms with Crippen LogP contribution in [0.4, 0.5) is 0 Å². The number of rotatable bonds is 6. The molecule has 6 heteroatoms. The Kier molecular flexibility index (Phi) is 6.53. The van der Waals surface area contributed by atoms with Gasteiger partial charge in [0, 0.05) is 23.0 Å². The zero-order valence-corrected chi connectivity index (χ0v) is 20.2. The van der Waals surface area contributed by atoms with Gasteiger partial charge in [-0.25, -0.2) is 0 Å². The minimum absolute atomic E-state index is 0.0140. The van der Waals surface area contributed by atoms with Crippen LogP contribution in [0.1, 0.15) is 48.7 Å². The van der Waals surface area contributed by atoms with E-state index in [2.05, 4.69) is 28.9 Å². The van der Waals surface area contributed by atoms with Crippen molar-refractivity contribution in [3.05, 3.63) is 78.1 Å². The summed E-state index contributed by atoms with van der Waals surface area (Å²) in [6.07, 6.45) is 5.48. The smallest absolute Gasteiger partial charge is 0.308 e. The van der Waals surface area contributed by atoms with Crippen molar-refractivity contribution in [1.29, 1.82) is 0 Å². The van der Waals surface area contributed by atoms with Gasteiger partial charge in [0.25, 0.3) is 5.91 Å². The van der Waals surface area contributed by atoms with E-state index in [9.17, 15) is 9.59 Å². The standard InChI is InChI=1S/C29H31N3O3/c1-19(20-10-12-23(13-11-20)29(34)35-2)30-28(33)25-8-5-7-22-16-17-32(27(22)25)18-24-15-14-21-6-3-4-9-26(21)31-24/h3-9,14-17,19-20,23H,10-13,18H2,1-2H3,(H,30,33)/t19?,20-,23-. The van der Waals surface area contributed by atoms with Crippen molar-refractivity contribution in [2.75, 3.05) is 7.11 Å². The normalized spacial score (nSPS) is 18.9. The van der Waals surface area contributed by atoms with Crippen LogP contribution in [-0.4, -0.2) is 34.6 Å². The van der Waals surface area contributed by atoms with E-state index < -0.39 is 0 Å². The van der Waals surface area contributed by atoms with Crippen LogP contribution in [0.2, 0.25) is 0 Å². The van der Waals surface area contributed by atoms with Gasteiger partial charge in [0.1, 0.15) is 0 Å². The Hall–Kier alpha value is -3.67. The molecule has 1 amide bonds. The number of hydrogen-bond acceptors (Lipinski definition) is 4. The number of benzene rings is 2. The quantitative estimate of drug-likeness (QED) is 0.387. The average molecular weight is 470 g/mol. The molecule has 0 bridgehead atoms. The topological polar surface area (TPSA) is 73.2 Å². The van der Waals surface area contributed by atoms with E-state index in [0.29, 0.717) is 18.0 Å². The molecule has 1 N–H and O–H groups in total. The molecule has 0 radical (unpaired) electrons. The molecule has 0 spiro atoms. The van der Waals surface area contributed by atoms with Gasteiger partial charge in [-0.3, -0.25) is 14.6 Å². The first kappa shape index (κ1) is 23.1. The largest absolute Gasteiger partial charge is 0.469 e. The maximum absolute atomic E-state index is 13.4. The highest BCUT2D eigenvalue weighted by Gasteiger charge is 2.30. The lowest BCUT2D eigenvalue weighted by Gasteiger charge is -2.31. The first-order valence-corrected chi connectivity index (χ1v) is 12.3. The van der Waals surface area contributed by atoms with Crippen LogP contribution in [-0.2, 0) is 16.1 Å². The number of methoxy groups -OCH3 is 1. The van der Waals surface area contributed by atoms with Gasteiger partial charge in [0.05, 0.1) is 41.9 Å². The molecule has 6 nitrogen and oxygen atoms in total. The molecule has 1 saturated carbocycles. The highest BCUT2D eigenvalue weighted by molar-refractivity contribution is 6.06. The molecule has 0 saturated heterocycles. The highest BCUT2D eigenvalue weighted by atomic mass is 16.5. The van der Waals surface area contributed by atoms with Gasteiger partial charge >= 0.3 is 5.97 Å². The summed E-state index contributed by atoms with van der Waals surface area (Å²) in [5, 5.41) is 5.38. The molecule has 35 heavy (non-hydrogen) atoms. The molecule has 1 aliphatic rings. The third-order valence-electron chi connectivity index (χ3n) is 7.39. The summed E-state index contributed by atoms with van der Waals surface area (Å²) in [5.41, 5.74) is 3.51. The van der Waals surface area contributed by atoms with Crippen LogP contribution in [0, 0.1) is 11.8 Å². The first-order valence-electron chi connectivity index (χ1n) is 12.3. The molecule has 2 heterocycles. The fraction of sp³-hybridized carbons (Fsp3) is 0.345. The van der Waals surface area contributed by atoms with Gasteiger partial charge in [-0.05, 0) is 62.8 Å². The van der Waals surface area contributed by atoms with Gasteiger partial charge in [-0.2, -0.15) is 0 Å². The highest BCUT2D eigenvalue weighted by Crippen LogP contribution is 2.32. The Labute approximate surface area is 205 Å². The van der Waals surface area contributed by atoms with E-state index in [1.165, 1.54) is 7.11 Å². The number of aromatic nitrogens is 2. The Bertz CT molecular complexity index is 1370. The summed E-state index contributed by atoms with van der Waals surface area (Å²) in [4.78, 5) is 30.0. The van der Waals surface area contributed by atoms with E-state index >= 15 is 0 Å². The second-order valence-corrected chi connectivity index (χ2v) is 9.58. The average Bonchev–Trinajstić information content (AvgIpc) is 3.31. The zero-order valence-electron chi connectivity index (χ0n) is 20.2. The van der Waals surface area contributed by atoms with Crippen LogP contribution in [0.25, 0.3) is 21.8 Å². The molecule has 1 aliphatic carbocycles. The number of amides is 1. The number of pyridine rings is 1. The van der Waals surface area contributed by atoms with Gasteiger partial charge in [0.15, 0.2) is 0 Å². The molecule has 5 rings (SSSR count). The van der Waals surface area contributed by atoms with Crippen molar-refractivity contribution >= 4 is 33.7 Å². The monoisotopic (exact) mass is 469 g/mol. The molecule has 1 atom stereocenters. The number of nitrogens with one attached hydrogen (secondary N) is 1. The molecule has 180 valence electrons. The van der Waals surface area contributed by atoms with E-state index in [0.717, 1.165) is 53.2 Å². The molecule has 1 fully saturated rings. The van der Waals surface area contributed by atoms with Crippen molar-refractivity contribution in [1.82, 2.24) is 14.9 Å². The van der Waals surface area contributed by atoms with Crippen LogP contribution < -0.4 is 5.32 Å². The van der Waals surface area contributed by atoms with Gasteiger partial charge in [-0.15, -0.1) is 0 Å². The second kappa shape index (κ2) is 9.90. The van der Waals surface area contributed by atoms with E-state index in [1.807, 2.05) is 54.7 Å². The van der Waals surface area contributed by atoms with Crippen molar-refractivity contribution in [3.63, 3.8) is 0 Å². The SMILES string of the molecule is COC(=O)[C@H]1CC[C@H](C(C)NC(=O)c2cccc3ccn(Cc4ccc5ccccc5n4)c23)CC1. The number of para-hydroxylation sites is 2. The van der Waals surface area contributed by atoms with Gasteiger partial charge < -0.3 is 14.6 Å². The summed E-state index contributed by atoms with van der Waals surface area (Å²) < 4.78 is 7.01. The fourth-order valence-electron chi connectivity index (χ4n) is 5.37. The first-order chi connectivity index (χ1) is 17.0. The number of nitrogens with zero attached hydrogens (tertiary/aromatic N) is 2. The summed E-state index contributed by atoms with van der Waals surface area (Å²) in [6.45, 7) is 2.66. The van der Waals surface area contributed by atoms with Crippen molar-refractivity contribution in [2.24, 2.45) is 11.8 Å². The lowest BCUT2D eigenvalue weighted by Crippen LogP contribution is -2.40. The Morgan fingerprint density at radius 2 is 1.77 bits per heavy atom. The maximum Gasteiger partial charge on any atom is 0.308 e. The second-order valence-electron chi connectivity index (χ2n) is 9.58. The predicted molar refractivity (Wildman–Crippen MR) is 137 cm³/mol. The van der Waals surface area contributed by atoms with Crippen LogP contribution in [0.3, 0.4) is 0 Å². The number of carbonyl (C=O) groups excluding carboxylic acids is 2. The van der Waals surface area contributed by atoms with Crippen LogP contribution in [0.5, 0.6) is 0 Å². The Morgan fingerprint density at radius 1 is 1.00 bits per heavy atom. The Balaban J connectivity index is 1.33. The predicted octanol–water partition coefficient (Wildman–Crippen LogP) is 5.34. The van der Waals surface area contributed by atoms with E-state index in [1.54, 1.807) is 0 Å². The molecule has 4 aromatic rings. The van der Waals surface area contributed by atoms with Gasteiger partial charge in [0.2, 0.25) is 0 Å². The molecule has 2 aromatic carbocycles. The number of ether oxygens (including phenoxy) is 1. The molecule has 2 aromatic heterocycles. The van der Waals surface area contributed by atoms with Crippen molar-refractivity contribution < 1.29 is 14.3 Å². The van der Waals surface area contributed by atoms with Crippen molar-refractivity contribution in [3.8, 4) is 0 Å². The fourth-order valence-corrected chi connectivity index (χ4v) is 5.37. The minimum Gasteiger partial charge on any atom is -0.469 e. The molecular formula is C29H31N3O3. The lowest BCUT2D eigenvalue weighted by molar-refractivity contribution is -0.146. The molecular weight excluding hydrogens is 438 g/mol. The third-order valence-corrected chi connectivity index (χ3v) is 7.39. The summed E-state index contributed by atoms with van der Waals surface area (Å²) in [7, 11) is 1.45. The third kappa shape index (κ3) is 4.78. The van der Waals surface area contributed by atoms with E-state index in [4.69, 9.17) is 9.72 Å². The number of fused-ring (bicyclic) bond motifs is 2. The molecule has 1 unspecified atom stereocenters. The van der Waals surface area contributed by atoms with E-state index in [-0.39, 0.29) is 23.8 Å². The van der Waals surface area contributed by atoms with Crippen LogP contribution in [0.15, 0.2) is 66.9 Å². The van der Waals surface area contributed by atoms with Crippen molar-refractivity contribution in [2.45, 2.75) is 45.2 Å². The van der Waals surface area contributed by atoms with Crippen LogP contribution >= 0.6 is 0 Å². The summed E-state index contributed by atoms with van der Waals surface area (Å²) in [6, 6.07) is 20.2. The number of carbonyl (C=O) groups is 2. The zero-order chi connectivity index (χ0) is 24.4. The Morgan fingerprint density at radius 3 is 2.57 bits per heavy atom. The molecule has 0 aliphatic heterocycles. The maximum atomic E-state index is 13.4. The van der Waals surface area contributed by atoms with Gasteiger partial charge in [-0.1, -0.05) is 36.4 Å². The summed E-state index contributed by atoms with van der Waals surface area (Å²) in [5.74, 6) is 0.158. The number of hydrogen-bond donors (Lipinski definition) is 1. The summed E-state index contributed by atoms with van der Waals surface area (Å²) >= 11 is 0. The minimum atomic E-state index is -0.117.